The van der Waals surface area contributed by atoms with Gasteiger partial charge in [0.05, 0.1) is 0 Å². The summed E-state index contributed by atoms with van der Waals surface area (Å²) in [5.41, 5.74) is 3.20. The van der Waals surface area contributed by atoms with Gasteiger partial charge in [-0.3, -0.25) is 10.1 Å². The fraction of sp³-hybridized carbons (Fsp3) is 0.588. The normalized spacial score (nSPS) is 19.0. The summed E-state index contributed by atoms with van der Waals surface area (Å²) in [5.74, 6) is 0.659. The third kappa shape index (κ3) is 4.05. The van der Waals surface area contributed by atoms with Crippen molar-refractivity contribution in [3.63, 3.8) is 0 Å². The molecule has 4 nitrogen and oxygen atoms in total. The molecule has 116 valence electrons. The third-order valence-corrected chi connectivity index (χ3v) is 3.78. The predicted octanol–water partition coefficient (Wildman–Crippen LogP) is 2.55. The second kappa shape index (κ2) is 6.58. The summed E-state index contributed by atoms with van der Waals surface area (Å²) in [5, 5.41) is 6.53. The lowest BCUT2D eigenvalue weighted by molar-refractivity contribution is -0.117. The number of fused-ring (bicyclic) bond motifs is 1. The van der Waals surface area contributed by atoms with Crippen LogP contribution in [0.25, 0.3) is 0 Å². The van der Waals surface area contributed by atoms with Gasteiger partial charge < -0.3 is 10.2 Å². The third-order valence-electron chi connectivity index (χ3n) is 3.78. The molecule has 1 amide bonds. The molecular formula is C17H27N3O. The van der Waals surface area contributed by atoms with E-state index in [0.717, 1.165) is 24.2 Å². The zero-order chi connectivity index (χ0) is 15.6. The van der Waals surface area contributed by atoms with Crippen molar-refractivity contribution in [2.24, 2.45) is 5.92 Å². The van der Waals surface area contributed by atoms with Gasteiger partial charge in [0.15, 0.2) is 0 Å². The molecule has 0 fully saturated rings. The van der Waals surface area contributed by atoms with Crippen molar-refractivity contribution in [3.8, 4) is 0 Å². The Hall–Kier alpha value is -1.39. The van der Waals surface area contributed by atoms with E-state index < -0.39 is 0 Å². The average molecular weight is 289 g/mol. The van der Waals surface area contributed by atoms with Gasteiger partial charge in [0.1, 0.15) is 6.04 Å². The summed E-state index contributed by atoms with van der Waals surface area (Å²) in [7, 11) is 4.14. The molecule has 2 atom stereocenters. The number of nitrogens with zero attached hydrogens (tertiary/aromatic N) is 1. The molecule has 0 aliphatic carbocycles. The van der Waals surface area contributed by atoms with Gasteiger partial charge in [-0.1, -0.05) is 31.5 Å². The van der Waals surface area contributed by atoms with E-state index in [0.29, 0.717) is 12.0 Å². The molecule has 0 radical (unpaired) electrons. The standard InChI is InChI=1S/C17H27N3O/c1-11(2)8-13(10-20(4)5)18-16-14-9-12(3)6-7-15(14)19-17(16)21/h6-7,9,11,13,16,18H,8,10H2,1-5H3,(H,19,21). The predicted molar refractivity (Wildman–Crippen MR) is 87.5 cm³/mol. The van der Waals surface area contributed by atoms with Crippen LogP contribution in [-0.4, -0.2) is 37.5 Å². The minimum Gasteiger partial charge on any atom is -0.324 e. The van der Waals surface area contributed by atoms with Crippen molar-refractivity contribution in [1.82, 2.24) is 10.2 Å². The minimum absolute atomic E-state index is 0.0584. The van der Waals surface area contributed by atoms with Crippen LogP contribution in [0.3, 0.4) is 0 Å². The van der Waals surface area contributed by atoms with Crippen LogP contribution in [0.1, 0.15) is 37.4 Å². The first-order valence-electron chi connectivity index (χ1n) is 7.69. The maximum absolute atomic E-state index is 12.3. The van der Waals surface area contributed by atoms with Crippen molar-refractivity contribution >= 4 is 11.6 Å². The minimum atomic E-state index is -0.233. The number of aryl methyl sites for hydroxylation is 1. The smallest absolute Gasteiger partial charge is 0.246 e. The van der Waals surface area contributed by atoms with Crippen molar-refractivity contribution < 1.29 is 4.79 Å². The number of hydrogen-bond donors (Lipinski definition) is 2. The van der Waals surface area contributed by atoms with Crippen LogP contribution in [0.2, 0.25) is 0 Å². The van der Waals surface area contributed by atoms with E-state index in [9.17, 15) is 4.79 Å². The summed E-state index contributed by atoms with van der Waals surface area (Å²) in [6.07, 6.45) is 1.06. The van der Waals surface area contributed by atoms with Crippen LogP contribution >= 0.6 is 0 Å². The van der Waals surface area contributed by atoms with Crippen molar-refractivity contribution in [3.05, 3.63) is 29.3 Å². The van der Waals surface area contributed by atoms with Gasteiger partial charge in [0, 0.05) is 23.8 Å². The molecule has 0 spiro atoms. The molecule has 0 saturated carbocycles. The average Bonchev–Trinajstić information content (AvgIpc) is 2.64. The van der Waals surface area contributed by atoms with Crippen LogP contribution in [-0.2, 0) is 4.79 Å². The number of carbonyl (C=O) groups excluding carboxylic acids is 1. The van der Waals surface area contributed by atoms with Crippen LogP contribution in [0, 0.1) is 12.8 Å². The van der Waals surface area contributed by atoms with Crippen LogP contribution in [0.15, 0.2) is 18.2 Å². The Morgan fingerprint density at radius 2 is 2.05 bits per heavy atom. The first-order valence-corrected chi connectivity index (χ1v) is 7.69. The lowest BCUT2D eigenvalue weighted by atomic mass is 10.00. The molecule has 2 unspecified atom stereocenters. The number of nitrogens with one attached hydrogen (secondary N) is 2. The number of benzene rings is 1. The molecule has 2 N–H and O–H groups in total. The Morgan fingerprint density at radius 3 is 2.67 bits per heavy atom. The van der Waals surface area contributed by atoms with Crippen LogP contribution in [0.5, 0.6) is 0 Å². The highest BCUT2D eigenvalue weighted by Gasteiger charge is 2.32. The fourth-order valence-corrected chi connectivity index (χ4v) is 2.99. The summed E-state index contributed by atoms with van der Waals surface area (Å²) in [6, 6.07) is 6.21. The monoisotopic (exact) mass is 289 g/mol. The molecule has 4 heteroatoms. The molecule has 0 saturated heterocycles. The lowest BCUT2D eigenvalue weighted by Gasteiger charge is -2.26. The van der Waals surface area contributed by atoms with E-state index in [2.05, 4.69) is 56.5 Å². The Morgan fingerprint density at radius 1 is 1.33 bits per heavy atom. The van der Waals surface area contributed by atoms with Crippen molar-refractivity contribution in [2.45, 2.75) is 39.3 Å². The summed E-state index contributed by atoms with van der Waals surface area (Å²) < 4.78 is 0. The fourth-order valence-electron chi connectivity index (χ4n) is 2.99. The maximum Gasteiger partial charge on any atom is 0.246 e. The second-order valence-electron chi connectivity index (χ2n) is 6.77. The van der Waals surface area contributed by atoms with Crippen LogP contribution < -0.4 is 10.6 Å². The summed E-state index contributed by atoms with van der Waals surface area (Å²) in [4.78, 5) is 14.4. The molecular weight excluding hydrogens is 262 g/mol. The van der Waals surface area contributed by atoms with E-state index in [1.807, 2.05) is 12.1 Å². The van der Waals surface area contributed by atoms with E-state index in [-0.39, 0.29) is 11.9 Å². The number of carbonyl (C=O) groups is 1. The number of anilines is 1. The van der Waals surface area contributed by atoms with Crippen molar-refractivity contribution in [2.75, 3.05) is 26.0 Å². The quantitative estimate of drug-likeness (QED) is 0.846. The molecule has 21 heavy (non-hydrogen) atoms. The van der Waals surface area contributed by atoms with Gasteiger partial charge in [-0.2, -0.15) is 0 Å². The molecule has 2 rings (SSSR count). The van der Waals surface area contributed by atoms with Gasteiger partial charge >= 0.3 is 0 Å². The molecule has 1 aliphatic rings. The maximum atomic E-state index is 12.3. The molecule has 1 heterocycles. The highest BCUT2D eigenvalue weighted by Crippen LogP contribution is 2.32. The Balaban J connectivity index is 2.16. The molecule has 0 bridgehead atoms. The van der Waals surface area contributed by atoms with Gasteiger partial charge in [0.2, 0.25) is 5.91 Å². The van der Waals surface area contributed by atoms with Crippen LogP contribution in [0.4, 0.5) is 5.69 Å². The van der Waals surface area contributed by atoms with Gasteiger partial charge in [-0.25, -0.2) is 0 Å². The molecule has 1 aliphatic heterocycles. The van der Waals surface area contributed by atoms with Gasteiger partial charge in [-0.05, 0) is 39.4 Å². The number of hydrogen-bond acceptors (Lipinski definition) is 3. The number of amides is 1. The Labute approximate surface area is 127 Å². The Bertz CT molecular complexity index is 501. The van der Waals surface area contributed by atoms with E-state index >= 15 is 0 Å². The van der Waals surface area contributed by atoms with Gasteiger partial charge in [-0.15, -0.1) is 0 Å². The van der Waals surface area contributed by atoms with Gasteiger partial charge in [0.25, 0.3) is 0 Å². The number of likely N-dealkylation sites (N-methyl/N-ethyl adjacent to an activating group) is 1. The molecule has 1 aromatic rings. The lowest BCUT2D eigenvalue weighted by Crippen LogP contribution is -2.43. The SMILES string of the molecule is Cc1ccc2c(c1)C(NC(CC(C)C)CN(C)C)C(=O)N2. The highest BCUT2D eigenvalue weighted by molar-refractivity contribution is 6.02. The van der Waals surface area contributed by atoms with E-state index in [4.69, 9.17) is 0 Å². The first kappa shape index (κ1) is 16.0. The zero-order valence-corrected chi connectivity index (χ0v) is 13.7. The van der Waals surface area contributed by atoms with Crippen molar-refractivity contribution in [1.29, 1.82) is 0 Å². The second-order valence-corrected chi connectivity index (χ2v) is 6.77. The summed E-state index contributed by atoms with van der Waals surface area (Å²) in [6.45, 7) is 7.43. The topological polar surface area (TPSA) is 44.4 Å². The molecule has 0 aromatic heterocycles. The largest absolute Gasteiger partial charge is 0.324 e. The molecule has 1 aromatic carbocycles. The van der Waals surface area contributed by atoms with E-state index in [1.54, 1.807) is 0 Å². The Kier molecular flexibility index (Phi) is 5.01. The summed E-state index contributed by atoms with van der Waals surface area (Å²) >= 11 is 0. The number of rotatable bonds is 6. The highest BCUT2D eigenvalue weighted by atomic mass is 16.2. The first-order chi connectivity index (χ1) is 9.86. The van der Waals surface area contributed by atoms with E-state index in [1.165, 1.54) is 5.56 Å². The zero-order valence-electron chi connectivity index (χ0n) is 13.7.